The summed E-state index contributed by atoms with van der Waals surface area (Å²) >= 11 is 0. The van der Waals surface area contributed by atoms with Crippen LogP contribution in [-0.4, -0.2) is 32.8 Å². The number of pyridine rings is 1. The van der Waals surface area contributed by atoms with E-state index in [-0.39, 0.29) is 23.9 Å². The average Bonchev–Trinajstić information content (AvgIpc) is 3.12. The van der Waals surface area contributed by atoms with Crippen LogP contribution in [0.4, 0.5) is 5.69 Å². The molecule has 1 N–H and O–H groups in total. The first-order chi connectivity index (χ1) is 14.9. The maximum atomic E-state index is 13.1. The van der Waals surface area contributed by atoms with Gasteiger partial charge in [0.05, 0.1) is 23.6 Å². The highest BCUT2D eigenvalue weighted by atomic mass is 16.2. The number of rotatable bonds is 5. The van der Waals surface area contributed by atoms with Gasteiger partial charge in [-0.3, -0.25) is 24.5 Å². The van der Waals surface area contributed by atoms with Gasteiger partial charge in [0.2, 0.25) is 5.91 Å². The van der Waals surface area contributed by atoms with Crippen LogP contribution in [0.25, 0.3) is 11.3 Å². The molecule has 3 heterocycles. The summed E-state index contributed by atoms with van der Waals surface area (Å²) in [6.07, 6.45) is 7.93. The van der Waals surface area contributed by atoms with Gasteiger partial charge in [-0.15, -0.1) is 0 Å². The zero-order valence-electron chi connectivity index (χ0n) is 17.9. The lowest BCUT2D eigenvalue weighted by Crippen LogP contribution is -2.31. The van der Waals surface area contributed by atoms with Gasteiger partial charge in [-0.1, -0.05) is 6.07 Å². The van der Waals surface area contributed by atoms with Crippen LogP contribution in [-0.2, 0) is 4.79 Å². The van der Waals surface area contributed by atoms with Gasteiger partial charge in [0.15, 0.2) is 0 Å². The molecule has 0 saturated carbocycles. The van der Waals surface area contributed by atoms with E-state index >= 15 is 0 Å². The zero-order chi connectivity index (χ0) is 22.0. The molecule has 2 unspecified atom stereocenters. The van der Waals surface area contributed by atoms with E-state index in [2.05, 4.69) is 20.3 Å². The Labute approximate surface area is 181 Å². The summed E-state index contributed by atoms with van der Waals surface area (Å²) in [5.74, 6) is -0.173. The normalized spacial score (nSPS) is 16.9. The number of aryl methyl sites for hydroxylation is 1. The summed E-state index contributed by atoms with van der Waals surface area (Å²) in [4.78, 5) is 40.2. The number of nitrogens with zero attached hydrogens (tertiary/aromatic N) is 4. The van der Waals surface area contributed by atoms with Crippen molar-refractivity contribution in [3.63, 3.8) is 0 Å². The standard InChI is InChI=1S/C24H25N5O2/c1-15-4-6-21(27-13-15)18-10-19(12-20(11-18)29-16(2)5-7-23(29)30)24(31)28-17(3)22-14-25-8-9-26-22/h4,6,8-14,16-17H,5,7H2,1-3H3,(H,28,31). The van der Waals surface area contributed by atoms with Gasteiger partial charge < -0.3 is 10.2 Å². The third kappa shape index (κ3) is 4.45. The van der Waals surface area contributed by atoms with Gasteiger partial charge in [-0.05, 0) is 57.0 Å². The molecule has 0 spiro atoms. The summed E-state index contributed by atoms with van der Waals surface area (Å²) in [7, 11) is 0. The van der Waals surface area contributed by atoms with Crippen molar-refractivity contribution in [2.75, 3.05) is 4.90 Å². The molecular formula is C24H25N5O2. The molecule has 158 valence electrons. The summed E-state index contributed by atoms with van der Waals surface area (Å²) < 4.78 is 0. The van der Waals surface area contributed by atoms with Crippen LogP contribution < -0.4 is 10.2 Å². The van der Waals surface area contributed by atoms with E-state index < -0.39 is 0 Å². The molecule has 0 bridgehead atoms. The first kappa shape index (κ1) is 20.7. The lowest BCUT2D eigenvalue weighted by molar-refractivity contribution is -0.117. The number of benzene rings is 1. The Morgan fingerprint density at radius 3 is 2.65 bits per heavy atom. The SMILES string of the molecule is Cc1ccc(-c2cc(C(=O)NC(C)c3cnccn3)cc(N3C(=O)CCC3C)c2)nc1. The minimum absolute atomic E-state index is 0.0702. The lowest BCUT2D eigenvalue weighted by Gasteiger charge is -2.23. The minimum Gasteiger partial charge on any atom is -0.344 e. The Balaban J connectivity index is 1.71. The van der Waals surface area contributed by atoms with Gasteiger partial charge in [-0.2, -0.15) is 0 Å². The minimum atomic E-state index is -0.307. The topological polar surface area (TPSA) is 88.1 Å². The van der Waals surface area contributed by atoms with Crippen LogP contribution in [0.3, 0.4) is 0 Å². The Morgan fingerprint density at radius 2 is 2.00 bits per heavy atom. The average molecular weight is 415 g/mol. The molecule has 1 saturated heterocycles. The first-order valence-electron chi connectivity index (χ1n) is 10.4. The van der Waals surface area contributed by atoms with E-state index in [0.717, 1.165) is 23.2 Å². The highest BCUT2D eigenvalue weighted by Gasteiger charge is 2.30. The predicted octanol–water partition coefficient (Wildman–Crippen LogP) is 3.85. The number of hydrogen-bond donors (Lipinski definition) is 1. The number of carbonyl (C=O) groups excluding carboxylic acids is 2. The van der Waals surface area contributed by atoms with Gasteiger partial charge in [0.25, 0.3) is 5.91 Å². The smallest absolute Gasteiger partial charge is 0.251 e. The summed E-state index contributed by atoms with van der Waals surface area (Å²) in [6.45, 7) is 5.86. The highest BCUT2D eigenvalue weighted by molar-refractivity contribution is 6.01. The summed E-state index contributed by atoms with van der Waals surface area (Å²) in [6, 6.07) is 9.20. The molecular weight excluding hydrogens is 390 g/mol. The van der Waals surface area contributed by atoms with Gasteiger partial charge in [0, 0.05) is 47.9 Å². The predicted molar refractivity (Wildman–Crippen MR) is 119 cm³/mol. The second-order valence-corrected chi connectivity index (χ2v) is 7.97. The molecule has 1 fully saturated rings. The first-order valence-corrected chi connectivity index (χ1v) is 10.4. The third-order valence-corrected chi connectivity index (χ3v) is 5.53. The molecule has 31 heavy (non-hydrogen) atoms. The molecule has 1 aliphatic heterocycles. The number of anilines is 1. The largest absolute Gasteiger partial charge is 0.344 e. The lowest BCUT2D eigenvalue weighted by atomic mass is 10.0. The van der Waals surface area contributed by atoms with E-state index in [9.17, 15) is 9.59 Å². The van der Waals surface area contributed by atoms with Crippen LogP contribution in [0, 0.1) is 6.92 Å². The highest BCUT2D eigenvalue weighted by Crippen LogP contribution is 2.31. The van der Waals surface area contributed by atoms with Crippen molar-refractivity contribution in [2.24, 2.45) is 0 Å². The second-order valence-electron chi connectivity index (χ2n) is 7.97. The molecule has 7 heteroatoms. The van der Waals surface area contributed by atoms with Crippen molar-refractivity contribution >= 4 is 17.5 Å². The molecule has 2 atom stereocenters. The Morgan fingerprint density at radius 1 is 1.16 bits per heavy atom. The molecule has 2 aromatic heterocycles. The van der Waals surface area contributed by atoms with E-state index in [4.69, 9.17) is 0 Å². The van der Waals surface area contributed by atoms with Crippen LogP contribution in [0.15, 0.2) is 55.1 Å². The number of amides is 2. The van der Waals surface area contributed by atoms with Crippen LogP contribution in [0.5, 0.6) is 0 Å². The van der Waals surface area contributed by atoms with Crippen molar-refractivity contribution in [3.8, 4) is 11.3 Å². The molecule has 0 radical (unpaired) electrons. The van der Waals surface area contributed by atoms with E-state index in [1.54, 1.807) is 35.8 Å². The molecule has 0 aliphatic carbocycles. The molecule has 1 aromatic carbocycles. The van der Waals surface area contributed by atoms with Gasteiger partial charge in [-0.25, -0.2) is 0 Å². The maximum absolute atomic E-state index is 13.1. The molecule has 3 aromatic rings. The number of nitrogens with one attached hydrogen (secondary N) is 1. The van der Waals surface area contributed by atoms with Crippen molar-refractivity contribution in [2.45, 2.75) is 45.7 Å². The van der Waals surface area contributed by atoms with E-state index in [1.165, 1.54) is 0 Å². The zero-order valence-corrected chi connectivity index (χ0v) is 17.9. The van der Waals surface area contributed by atoms with Crippen LogP contribution >= 0.6 is 0 Å². The number of hydrogen-bond acceptors (Lipinski definition) is 5. The van der Waals surface area contributed by atoms with E-state index in [1.807, 2.05) is 45.0 Å². The van der Waals surface area contributed by atoms with Crippen LogP contribution in [0.1, 0.15) is 54.3 Å². The molecule has 1 aliphatic rings. The van der Waals surface area contributed by atoms with Crippen LogP contribution in [0.2, 0.25) is 0 Å². The fraction of sp³-hybridized carbons (Fsp3) is 0.292. The van der Waals surface area contributed by atoms with Crippen molar-refractivity contribution in [3.05, 3.63) is 71.9 Å². The van der Waals surface area contributed by atoms with E-state index in [0.29, 0.717) is 23.4 Å². The van der Waals surface area contributed by atoms with Gasteiger partial charge >= 0.3 is 0 Å². The summed E-state index contributed by atoms with van der Waals surface area (Å²) in [5, 5.41) is 2.98. The van der Waals surface area contributed by atoms with Gasteiger partial charge in [0.1, 0.15) is 0 Å². The Bertz CT molecular complexity index is 1100. The fourth-order valence-corrected chi connectivity index (χ4v) is 3.78. The second kappa shape index (κ2) is 8.63. The monoisotopic (exact) mass is 415 g/mol. The Hall–Kier alpha value is -3.61. The number of aromatic nitrogens is 3. The maximum Gasteiger partial charge on any atom is 0.251 e. The Kier molecular flexibility index (Phi) is 5.75. The molecule has 7 nitrogen and oxygen atoms in total. The third-order valence-electron chi connectivity index (χ3n) is 5.53. The quantitative estimate of drug-likeness (QED) is 0.684. The van der Waals surface area contributed by atoms with Crippen molar-refractivity contribution in [1.29, 1.82) is 0 Å². The van der Waals surface area contributed by atoms with Crippen molar-refractivity contribution in [1.82, 2.24) is 20.3 Å². The van der Waals surface area contributed by atoms with Crippen molar-refractivity contribution < 1.29 is 9.59 Å². The molecule has 2 amide bonds. The summed E-state index contributed by atoms with van der Waals surface area (Å²) in [5.41, 5.74) is 4.46. The fourth-order valence-electron chi connectivity index (χ4n) is 3.78. The number of carbonyl (C=O) groups is 2. The molecule has 4 rings (SSSR count).